The van der Waals surface area contributed by atoms with Crippen molar-refractivity contribution in [1.82, 2.24) is 0 Å². The maximum Gasteiger partial charge on any atom is 0.158 e. The third-order valence-electron chi connectivity index (χ3n) is 5.46. The van der Waals surface area contributed by atoms with Crippen molar-refractivity contribution in [2.24, 2.45) is 16.7 Å². The van der Waals surface area contributed by atoms with E-state index in [-0.39, 0.29) is 5.41 Å². The summed E-state index contributed by atoms with van der Waals surface area (Å²) in [6.07, 6.45) is 4.61. The Kier molecular flexibility index (Phi) is 2.56. The highest BCUT2D eigenvalue weighted by Gasteiger charge is 2.50. The van der Waals surface area contributed by atoms with Crippen LogP contribution in [0, 0.1) is 16.7 Å². The quantitative estimate of drug-likeness (QED) is 0.600. The first-order valence-corrected chi connectivity index (χ1v) is 6.50. The van der Waals surface area contributed by atoms with Gasteiger partial charge in [-0.2, -0.15) is 0 Å². The van der Waals surface area contributed by atoms with Gasteiger partial charge in [0.15, 0.2) is 5.78 Å². The number of hydrogen-bond donors (Lipinski definition) is 0. The van der Waals surface area contributed by atoms with Gasteiger partial charge in [0.05, 0.1) is 0 Å². The van der Waals surface area contributed by atoms with Gasteiger partial charge in [-0.15, -0.1) is 0 Å². The third kappa shape index (κ3) is 1.48. The Morgan fingerprint density at radius 2 is 1.75 bits per heavy atom. The topological polar surface area (TPSA) is 17.1 Å². The number of rotatable bonds is 0. The fourth-order valence-electron chi connectivity index (χ4n) is 4.05. The molecule has 1 nitrogen and oxygen atoms in total. The lowest BCUT2D eigenvalue weighted by atomic mass is 9.50. The molecule has 1 heteroatoms. The van der Waals surface area contributed by atoms with Crippen molar-refractivity contribution >= 4 is 5.78 Å². The highest BCUT2D eigenvalue weighted by atomic mass is 16.1. The van der Waals surface area contributed by atoms with E-state index in [2.05, 4.69) is 27.7 Å². The molecule has 16 heavy (non-hydrogen) atoms. The largest absolute Gasteiger partial charge is 0.295 e. The van der Waals surface area contributed by atoms with Crippen molar-refractivity contribution in [2.45, 2.75) is 60.3 Å². The van der Waals surface area contributed by atoms with Gasteiger partial charge in [-0.05, 0) is 49.0 Å². The molecule has 0 unspecified atom stereocenters. The summed E-state index contributed by atoms with van der Waals surface area (Å²) in [5, 5.41) is 0. The lowest BCUT2D eigenvalue weighted by molar-refractivity contribution is -0.121. The Bertz CT molecular complexity index is 362. The number of allylic oxidation sites excluding steroid dienone is 2. The summed E-state index contributed by atoms with van der Waals surface area (Å²) in [5.74, 6) is 0.930. The second kappa shape index (κ2) is 3.45. The van der Waals surface area contributed by atoms with Gasteiger partial charge in [0.2, 0.25) is 0 Å². The molecule has 0 aromatic heterocycles. The first-order valence-electron chi connectivity index (χ1n) is 6.50. The van der Waals surface area contributed by atoms with E-state index in [0.29, 0.717) is 17.1 Å². The molecule has 90 valence electrons. The van der Waals surface area contributed by atoms with Gasteiger partial charge in [0.1, 0.15) is 0 Å². The van der Waals surface area contributed by atoms with Crippen molar-refractivity contribution in [1.29, 1.82) is 0 Å². The second-order valence-corrected chi connectivity index (χ2v) is 6.69. The van der Waals surface area contributed by atoms with Crippen molar-refractivity contribution in [3.8, 4) is 0 Å². The molecule has 2 atom stereocenters. The molecule has 2 rings (SSSR count). The standard InChI is InChI=1S/C15H24O/c1-10-11(2)15(5)8-6-7-14(3,4)13(15)9-12(10)16/h13H,6-9H2,1-5H3/t13-,15-/m0/s1. The van der Waals surface area contributed by atoms with Gasteiger partial charge >= 0.3 is 0 Å². The molecule has 1 saturated carbocycles. The van der Waals surface area contributed by atoms with E-state index < -0.39 is 0 Å². The third-order valence-corrected chi connectivity index (χ3v) is 5.46. The Morgan fingerprint density at radius 1 is 1.12 bits per heavy atom. The maximum atomic E-state index is 12.0. The van der Waals surface area contributed by atoms with Gasteiger partial charge in [0, 0.05) is 6.42 Å². The van der Waals surface area contributed by atoms with Crippen molar-refractivity contribution in [3.63, 3.8) is 0 Å². The summed E-state index contributed by atoms with van der Waals surface area (Å²) < 4.78 is 0. The highest BCUT2D eigenvalue weighted by Crippen LogP contribution is 2.58. The summed E-state index contributed by atoms with van der Waals surface area (Å²) in [6.45, 7) is 11.3. The van der Waals surface area contributed by atoms with E-state index in [1.165, 1.54) is 24.8 Å². The molecule has 0 radical (unpaired) electrons. The van der Waals surface area contributed by atoms with E-state index in [4.69, 9.17) is 0 Å². The molecule has 0 aliphatic heterocycles. The molecule has 0 saturated heterocycles. The lowest BCUT2D eigenvalue weighted by Crippen LogP contribution is -2.46. The summed E-state index contributed by atoms with van der Waals surface area (Å²) in [4.78, 5) is 12.0. The van der Waals surface area contributed by atoms with Crippen LogP contribution in [0.5, 0.6) is 0 Å². The molecule has 0 bridgehead atoms. The van der Waals surface area contributed by atoms with Crippen LogP contribution >= 0.6 is 0 Å². The van der Waals surface area contributed by atoms with Crippen LogP contribution < -0.4 is 0 Å². The summed E-state index contributed by atoms with van der Waals surface area (Å²) in [5.41, 5.74) is 3.00. The molecular formula is C15H24O. The highest BCUT2D eigenvalue weighted by molar-refractivity contribution is 5.97. The van der Waals surface area contributed by atoms with Crippen LogP contribution in [0.4, 0.5) is 0 Å². The summed E-state index contributed by atoms with van der Waals surface area (Å²) in [6, 6.07) is 0. The van der Waals surface area contributed by atoms with Crippen LogP contribution in [-0.4, -0.2) is 5.78 Å². The Balaban J connectivity index is 2.51. The van der Waals surface area contributed by atoms with Crippen LogP contribution in [0.15, 0.2) is 11.1 Å². The number of ketones is 1. The minimum Gasteiger partial charge on any atom is -0.295 e. The van der Waals surface area contributed by atoms with Crippen LogP contribution in [-0.2, 0) is 4.79 Å². The molecule has 1 fully saturated rings. The lowest BCUT2D eigenvalue weighted by Gasteiger charge is -2.54. The van der Waals surface area contributed by atoms with Crippen molar-refractivity contribution in [2.75, 3.05) is 0 Å². The van der Waals surface area contributed by atoms with Crippen molar-refractivity contribution < 1.29 is 4.79 Å². The summed E-state index contributed by atoms with van der Waals surface area (Å²) >= 11 is 0. The first kappa shape index (κ1) is 11.9. The van der Waals surface area contributed by atoms with Crippen LogP contribution in [0.2, 0.25) is 0 Å². The molecule has 0 aromatic carbocycles. The molecule has 0 N–H and O–H groups in total. The van der Waals surface area contributed by atoms with Crippen LogP contribution in [0.1, 0.15) is 60.3 Å². The zero-order valence-corrected chi connectivity index (χ0v) is 11.3. The van der Waals surface area contributed by atoms with E-state index in [1.807, 2.05) is 6.92 Å². The molecule has 0 heterocycles. The number of carbonyl (C=O) groups is 1. The SMILES string of the molecule is CC1=C(C)[C@]2(C)CCCC(C)(C)[C@@H]2CC1=O. The zero-order valence-electron chi connectivity index (χ0n) is 11.3. The normalized spacial score (nSPS) is 38.6. The molecule has 2 aliphatic rings. The number of Topliss-reactive ketones (excluding diaryl/α,β-unsaturated/α-hetero) is 1. The minimum absolute atomic E-state index is 0.278. The van der Waals surface area contributed by atoms with Gasteiger partial charge in [0.25, 0.3) is 0 Å². The average molecular weight is 220 g/mol. The van der Waals surface area contributed by atoms with E-state index >= 15 is 0 Å². The fourth-order valence-corrected chi connectivity index (χ4v) is 4.05. The number of fused-ring (bicyclic) bond motifs is 1. The number of carbonyl (C=O) groups excluding carboxylic acids is 1. The van der Waals surface area contributed by atoms with Gasteiger partial charge < -0.3 is 0 Å². The monoisotopic (exact) mass is 220 g/mol. The van der Waals surface area contributed by atoms with Crippen LogP contribution in [0.3, 0.4) is 0 Å². The Morgan fingerprint density at radius 3 is 2.38 bits per heavy atom. The fraction of sp³-hybridized carbons (Fsp3) is 0.800. The predicted octanol–water partition coefficient (Wildman–Crippen LogP) is 4.13. The zero-order chi connectivity index (χ0) is 12.1. The molecule has 0 amide bonds. The van der Waals surface area contributed by atoms with E-state index in [1.54, 1.807) is 0 Å². The molecule has 0 aromatic rings. The van der Waals surface area contributed by atoms with Gasteiger partial charge in [-0.3, -0.25) is 4.79 Å². The average Bonchev–Trinajstić information content (AvgIpc) is 2.19. The predicted molar refractivity (Wildman–Crippen MR) is 67.2 cm³/mol. The smallest absolute Gasteiger partial charge is 0.158 e. The van der Waals surface area contributed by atoms with E-state index in [9.17, 15) is 4.79 Å². The first-order chi connectivity index (χ1) is 7.29. The minimum atomic E-state index is 0.278. The second-order valence-electron chi connectivity index (χ2n) is 6.69. The van der Waals surface area contributed by atoms with Crippen molar-refractivity contribution in [3.05, 3.63) is 11.1 Å². The number of hydrogen-bond acceptors (Lipinski definition) is 1. The van der Waals surface area contributed by atoms with Gasteiger partial charge in [-0.1, -0.05) is 32.8 Å². The maximum absolute atomic E-state index is 12.0. The van der Waals surface area contributed by atoms with E-state index in [0.717, 1.165) is 12.0 Å². The molecule has 0 spiro atoms. The Labute approximate surface area is 99.3 Å². The summed E-state index contributed by atoms with van der Waals surface area (Å²) in [7, 11) is 0. The molecule has 2 aliphatic carbocycles. The Hall–Kier alpha value is -0.590. The van der Waals surface area contributed by atoms with Crippen LogP contribution in [0.25, 0.3) is 0 Å². The van der Waals surface area contributed by atoms with Gasteiger partial charge in [-0.25, -0.2) is 0 Å². The molecular weight excluding hydrogens is 196 g/mol.